The highest BCUT2D eigenvalue weighted by Gasteiger charge is 2.37. The van der Waals surface area contributed by atoms with Gasteiger partial charge >= 0.3 is 0 Å². The molecule has 2 rings (SSSR count). The highest BCUT2D eigenvalue weighted by molar-refractivity contribution is 6.40. The van der Waals surface area contributed by atoms with E-state index < -0.39 is 5.60 Å². The second kappa shape index (κ2) is 5.29. The SMILES string of the molecule is Cc1ccc(Cl)c(NC(=O)CN2CC(C)(O)C2)c1Cl. The molecular formula is C13H16Cl2N2O2. The Labute approximate surface area is 122 Å². The lowest BCUT2D eigenvalue weighted by atomic mass is 9.97. The van der Waals surface area contributed by atoms with Gasteiger partial charge < -0.3 is 10.4 Å². The number of β-amino-alcohol motifs (C(OH)–C–C–N with tert-alkyl or cyclic N) is 1. The van der Waals surface area contributed by atoms with Crippen LogP contribution in [0.25, 0.3) is 0 Å². The number of likely N-dealkylation sites (tertiary alicyclic amines) is 1. The normalized spacial score (nSPS) is 17.9. The molecule has 1 fully saturated rings. The van der Waals surface area contributed by atoms with Crippen molar-refractivity contribution in [2.45, 2.75) is 19.4 Å². The Morgan fingerprint density at radius 3 is 2.68 bits per heavy atom. The van der Waals surface area contributed by atoms with Gasteiger partial charge in [-0.2, -0.15) is 0 Å². The summed E-state index contributed by atoms with van der Waals surface area (Å²) >= 11 is 12.1. The Bertz CT molecular complexity index is 510. The molecule has 4 nitrogen and oxygen atoms in total. The van der Waals surface area contributed by atoms with E-state index in [-0.39, 0.29) is 12.5 Å². The summed E-state index contributed by atoms with van der Waals surface area (Å²) in [5.41, 5.74) is 0.618. The highest BCUT2D eigenvalue weighted by atomic mass is 35.5. The maximum Gasteiger partial charge on any atom is 0.238 e. The van der Waals surface area contributed by atoms with Crippen LogP contribution in [-0.2, 0) is 4.79 Å². The second-order valence-corrected chi connectivity index (χ2v) is 6.03. The minimum Gasteiger partial charge on any atom is -0.388 e. The minimum absolute atomic E-state index is 0.190. The maximum absolute atomic E-state index is 11.9. The van der Waals surface area contributed by atoms with Crippen LogP contribution in [-0.4, -0.2) is 41.1 Å². The fourth-order valence-corrected chi connectivity index (χ4v) is 2.65. The van der Waals surface area contributed by atoms with Crippen LogP contribution >= 0.6 is 23.2 Å². The van der Waals surface area contributed by atoms with Gasteiger partial charge in [0.25, 0.3) is 0 Å². The Balaban J connectivity index is 1.98. The summed E-state index contributed by atoms with van der Waals surface area (Å²) in [6, 6.07) is 3.50. The van der Waals surface area contributed by atoms with E-state index >= 15 is 0 Å². The Morgan fingerprint density at radius 1 is 1.47 bits per heavy atom. The van der Waals surface area contributed by atoms with E-state index in [0.29, 0.717) is 28.8 Å². The third-order valence-electron chi connectivity index (χ3n) is 3.04. The summed E-state index contributed by atoms with van der Waals surface area (Å²) in [7, 11) is 0. The Kier molecular flexibility index (Phi) is 4.06. The summed E-state index contributed by atoms with van der Waals surface area (Å²) in [4.78, 5) is 13.7. The van der Waals surface area contributed by atoms with Crippen LogP contribution in [0, 0.1) is 6.92 Å². The fourth-order valence-electron chi connectivity index (χ4n) is 2.18. The number of nitrogens with one attached hydrogen (secondary N) is 1. The first kappa shape index (κ1) is 14.6. The van der Waals surface area contributed by atoms with Crippen LogP contribution in [0.5, 0.6) is 0 Å². The molecule has 1 saturated heterocycles. The molecule has 6 heteroatoms. The van der Waals surface area contributed by atoms with Gasteiger partial charge in [-0.3, -0.25) is 9.69 Å². The van der Waals surface area contributed by atoms with Gasteiger partial charge in [0.05, 0.1) is 27.9 Å². The molecule has 1 heterocycles. The number of benzene rings is 1. The van der Waals surface area contributed by atoms with Gasteiger partial charge in [0, 0.05) is 13.1 Å². The van der Waals surface area contributed by atoms with Gasteiger partial charge in [0.1, 0.15) is 0 Å². The van der Waals surface area contributed by atoms with Crippen molar-refractivity contribution in [1.82, 2.24) is 4.90 Å². The van der Waals surface area contributed by atoms with Gasteiger partial charge in [-0.05, 0) is 25.5 Å². The summed E-state index contributed by atoms with van der Waals surface area (Å²) in [6.45, 7) is 4.80. The molecule has 1 aliphatic heterocycles. The number of hydrogen-bond acceptors (Lipinski definition) is 3. The van der Waals surface area contributed by atoms with Crippen LogP contribution in [0.3, 0.4) is 0 Å². The first-order valence-electron chi connectivity index (χ1n) is 5.98. The van der Waals surface area contributed by atoms with Crippen molar-refractivity contribution >= 4 is 34.8 Å². The van der Waals surface area contributed by atoms with E-state index in [1.165, 1.54) is 0 Å². The van der Waals surface area contributed by atoms with Crippen LogP contribution in [0.15, 0.2) is 12.1 Å². The lowest BCUT2D eigenvalue weighted by Gasteiger charge is -2.43. The smallest absolute Gasteiger partial charge is 0.238 e. The number of carbonyl (C=O) groups excluding carboxylic acids is 1. The van der Waals surface area contributed by atoms with E-state index in [1.807, 2.05) is 11.8 Å². The summed E-state index contributed by atoms with van der Waals surface area (Å²) in [5.74, 6) is -0.190. The molecule has 1 aromatic carbocycles. The van der Waals surface area contributed by atoms with Crippen molar-refractivity contribution in [3.63, 3.8) is 0 Å². The number of aryl methyl sites for hydroxylation is 1. The molecule has 0 atom stereocenters. The molecule has 2 N–H and O–H groups in total. The number of amides is 1. The van der Waals surface area contributed by atoms with E-state index in [9.17, 15) is 9.90 Å². The number of carbonyl (C=O) groups is 1. The Hall–Kier alpha value is -0.810. The lowest BCUT2D eigenvalue weighted by Crippen LogP contribution is -2.61. The molecular weight excluding hydrogens is 287 g/mol. The fraction of sp³-hybridized carbons (Fsp3) is 0.462. The van der Waals surface area contributed by atoms with E-state index in [0.717, 1.165) is 5.56 Å². The monoisotopic (exact) mass is 302 g/mol. The zero-order chi connectivity index (χ0) is 14.2. The number of nitrogens with zero attached hydrogens (tertiary/aromatic N) is 1. The number of aliphatic hydroxyl groups is 1. The molecule has 1 amide bonds. The molecule has 104 valence electrons. The molecule has 0 unspecified atom stereocenters. The van der Waals surface area contributed by atoms with Crippen molar-refractivity contribution < 1.29 is 9.90 Å². The highest BCUT2D eigenvalue weighted by Crippen LogP contribution is 2.33. The lowest BCUT2D eigenvalue weighted by molar-refractivity contribution is -0.125. The van der Waals surface area contributed by atoms with Gasteiger partial charge in [-0.15, -0.1) is 0 Å². The number of anilines is 1. The maximum atomic E-state index is 11.9. The molecule has 19 heavy (non-hydrogen) atoms. The predicted molar refractivity (Wildman–Crippen MR) is 76.9 cm³/mol. The van der Waals surface area contributed by atoms with E-state index in [1.54, 1.807) is 19.1 Å². The van der Waals surface area contributed by atoms with Crippen molar-refractivity contribution in [1.29, 1.82) is 0 Å². The van der Waals surface area contributed by atoms with Gasteiger partial charge in [0.15, 0.2) is 0 Å². The number of halogens is 2. The zero-order valence-electron chi connectivity index (χ0n) is 10.8. The first-order chi connectivity index (χ1) is 8.78. The molecule has 0 radical (unpaired) electrons. The van der Waals surface area contributed by atoms with Crippen molar-refractivity contribution in [2.75, 3.05) is 25.0 Å². The average molecular weight is 303 g/mol. The van der Waals surface area contributed by atoms with Crippen LogP contribution in [0.4, 0.5) is 5.69 Å². The molecule has 1 aliphatic rings. The number of rotatable bonds is 3. The van der Waals surface area contributed by atoms with Crippen molar-refractivity contribution in [3.05, 3.63) is 27.7 Å². The summed E-state index contributed by atoms with van der Waals surface area (Å²) in [5, 5.41) is 13.2. The Morgan fingerprint density at radius 2 is 2.11 bits per heavy atom. The quantitative estimate of drug-likeness (QED) is 0.901. The van der Waals surface area contributed by atoms with Crippen molar-refractivity contribution in [3.8, 4) is 0 Å². The van der Waals surface area contributed by atoms with Gasteiger partial charge in [-0.1, -0.05) is 29.3 Å². The molecule has 1 aromatic rings. The average Bonchev–Trinajstić information content (AvgIpc) is 2.27. The molecule has 0 aliphatic carbocycles. The zero-order valence-corrected chi connectivity index (χ0v) is 12.3. The third-order valence-corrected chi connectivity index (χ3v) is 3.85. The van der Waals surface area contributed by atoms with E-state index in [2.05, 4.69) is 5.32 Å². The van der Waals surface area contributed by atoms with Crippen LogP contribution in [0.2, 0.25) is 10.0 Å². The standard InChI is InChI=1S/C13H16Cl2N2O2/c1-8-3-4-9(14)12(11(8)15)16-10(18)5-17-6-13(2,19)7-17/h3-4,19H,5-7H2,1-2H3,(H,16,18). The first-order valence-corrected chi connectivity index (χ1v) is 6.73. The van der Waals surface area contributed by atoms with Crippen LogP contribution in [0.1, 0.15) is 12.5 Å². The van der Waals surface area contributed by atoms with Gasteiger partial charge in [0.2, 0.25) is 5.91 Å². The molecule has 0 bridgehead atoms. The third kappa shape index (κ3) is 3.39. The van der Waals surface area contributed by atoms with E-state index in [4.69, 9.17) is 23.2 Å². The molecule has 0 aromatic heterocycles. The second-order valence-electron chi connectivity index (χ2n) is 5.24. The number of hydrogen-bond donors (Lipinski definition) is 2. The predicted octanol–water partition coefficient (Wildman–Crippen LogP) is 2.31. The minimum atomic E-state index is -0.682. The molecule has 0 saturated carbocycles. The molecule has 0 spiro atoms. The largest absolute Gasteiger partial charge is 0.388 e. The summed E-state index contributed by atoms with van der Waals surface area (Å²) in [6.07, 6.45) is 0. The topological polar surface area (TPSA) is 52.6 Å². The van der Waals surface area contributed by atoms with Gasteiger partial charge in [-0.25, -0.2) is 0 Å². The summed E-state index contributed by atoms with van der Waals surface area (Å²) < 4.78 is 0. The van der Waals surface area contributed by atoms with Crippen LogP contribution < -0.4 is 5.32 Å². The van der Waals surface area contributed by atoms with Crippen molar-refractivity contribution in [2.24, 2.45) is 0 Å².